The average Bonchev–Trinajstić information content (AvgIpc) is 3.22. The van der Waals surface area contributed by atoms with Crippen molar-refractivity contribution in [3.8, 4) is 10.6 Å². The summed E-state index contributed by atoms with van der Waals surface area (Å²) in [5.74, 6) is -0.104. The highest BCUT2D eigenvalue weighted by atomic mass is 32.1. The fourth-order valence-corrected chi connectivity index (χ4v) is 3.36. The Kier molecular flexibility index (Phi) is 3.40. The van der Waals surface area contributed by atoms with Crippen molar-refractivity contribution in [3.63, 3.8) is 0 Å². The average molecular weight is 319 g/mol. The van der Waals surface area contributed by atoms with Crippen LogP contribution < -0.4 is 5.32 Å². The van der Waals surface area contributed by atoms with Crippen molar-refractivity contribution in [1.82, 2.24) is 10.2 Å². The Balaban J connectivity index is 1.63. The van der Waals surface area contributed by atoms with Crippen LogP contribution in [0.15, 0.2) is 66.7 Å². The molecule has 1 amide bonds. The summed E-state index contributed by atoms with van der Waals surface area (Å²) in [7, 11) is 0. The number of hydrogen-bond acceptors (Lipinski definition) is 3. The maximum Gasteiger partial charge on any atom is 0.265 e. The van der Waals surface area contributed by atoms with Crippen LogP contribution in [0.3, 0.4) is 0 Å². The van der Waals surface area contributed by atoms with Gasteiger partial charge in [0.05, 0.1) is 15.3 Å². The summed E-state index contributed by atoms with van der Waals surface area (Å²) in [4.78, 5) is 14.0. The molecule has 0 saturated heterocycles. The van der Waals surface area contributed by atoms with E-state index >= 15 is 0 Å². The number of rotatable bonds is 3. The maximum absolute atomic E-state index is 12.3. The van der Waals surface area contributed by atoms with E-state index in [0.717, 1.165) is 27.2 Å². The summed E-state index contributed by atoms with van der Waals surface area (Å²) < 4.78 is 0. The van der Waals surface area contributed by atoms with Gasteiger partial charge < -0.3 is 5.32 Å². The third-order valence-corrected chi connectivity index (χ3v) is 4.66. The number of para-hydroxylation sites is 2. The fourth-order valence-electron chi connectivity index (χ4n) is 2.45. The van der Waals surface area contributed by atoms with Crippen LogP contribution in [0.5, 0.6) is 0 Å². The Bertz CT molecular complexity index is 972. The van der Waals surface area contributed by atoms with Gasteiger partial charge in [0.25, 0.3) is 5.91 Å². The molecule has 0 bridgehead atoms. The first-order valence-electron chi connectivity index (χ1n) is 7.21. The number of anilines is 1. The maximum atomic E-state index is 12.3. The molecule has 0 fully saturated rings. The number of hydrogen-bond donors (Lipinski definition) is 2. The Labute approximate surface area is 136 Å². The zero-order valence-corrected chi connectivity index (χ0v) is 12.9. The second kappa shape index (κ2) is 5.70. The van der Waals surface area contributed by atoms with Gasteiger partial charge in [0.15, 0.2) is 0 Å². The molecule has 0 atom stereocenters. The lowest BCUT2D eigenvalue weighted by atomic mass is 10.2. The number of aromatic amines is 1. The van der Waals surface area contributed by atoms with Gasteiger partial charge in [0.2, 0.25) is 0 Å². The minimum Gasteiger partial charge on any atom is -0.321 e. The first kappa shape index (κ1) is 13.7. The van der Waals surface area contributed by atoms with Gasteiger partial charge in [-0.25, -0.2) is 0 Å². The molecule has 0 aliphatic heterocycles. The van der Waals surface area contributed by atoms with Crippen molar-refractivity contribution in [2.75, 3.05) is 5.32 Å². The molecule has 2 aromatic heterocycles. The zero-order valence-electron chi connectivity index (χ0n) is 12.1. The van der Waals surface area contributed by atoms with E-state index in [1.54, 1.807) is 0 Å². The van der Waals surface area contributed by atoms with Crippen molar-refractivity contribution in [2.24, 2.45) is 0 Å². The van der Waals surface area contributed by atoms with Gasteiger partial charge in [-0.15, -0.1) is 11.3 Å². The summed E-state index contributed by atoms with van der Waals surface area (Å²) in [5.41, 5.74) is 2.66. The number of benzene rings is 2. The molecule has 0 spiro atoms. The molecule has 2 N–H and O–H groups in total. The van der Waals surface area contributed by atoms with E-state index in [9.17, 15) is 4.79 Å². The normalized spacial score (nSPS) is 10.8. The highest BCUT2D eigenvalue weighted by molar-refractivity contribution is 7.17. The van der Waals surface area contributed by atoms with Gasteiger partial charge in [-0.1, -0.05) is 36.4 Å². The van der Waals surface area contributed by atoms with Crippen molar-refractivity contribution in [3.05, 3.63) is 71.6 Å². The first-order valence-corrected chi connectivity index (χ1v) is 8.02. The van der Waals surface area contributed by atoms with Gasteiger partial charge in [-0.05, 0) is 30.3 Å². The van der Waals surface area contributed by atoms with Crippen LogP contribution in [0.4, 0.5) is 5.69 Å². The molecule has 4 aromatic rings. The molecular formula is C18H13N3OS. The van der Waals surface area contributed by atoms with E-state index in [-0.39, 0.29) is 5.91 Å². The van der Waals surface area contributed by atoms with Crippen LogP contribution in [-0.4, -0.2) is 16.1 Å². The lowest BCUT2D eigenvalue weighted by molar-refractivity contribution is 0.103. The standard InChI is InChI=1S/C18H13N3OS/c22-18(19-12-6-2-1-3-7-12)16-11-10-15(23-16)17-13-8-4-5-9-14(13)20-21-17/h1-11H,(H,19,22)(H,20,21). The molecular weight excluding hydrogens is 306 g/mol. The smallest absolute Gasteiger partial charge is 0.265 e. The third-order valence-electron chi connectivity index (χ3n) is 3.57. The van der Waals surface area contributed by atoms with Crippen LogP contribution in [0.2, 0.25) is 0 Å². The molecule has 0 aliphatic carbocycles. The van der Waals surface area contributed by atoms with Crippen LogP contribution >= 0.6 is 11.3 Å². The Morgan fingerprint density at radius 3 is 2.61 bits per heavy atom. The van der Waals surface area contributed by atoms with Crippen molar-refractivity contribution in [2.45, 2.75) is 0 Å². The molecule has 0 unspecified atom stereocenters. The van der Waals surface area contributed by atoms with Crippen molar-refractivity contribution >= 4 is 33.8 Å². The molecule has 0 aliphatic rings. The molecule has 5 heteroatoms. The number of amides is 1. The minimum absolute atomic E-state index is 0.104. The highest BCUT2D eigenvalue weighted by Gasteiger charge is 2.14. The lowest BCUT2D eigenvalue weighted by Gasteiger charge is -2.02. The predicted molar refractivity (Wildman–Crippen MR) is 93.8 cm³/mol. The molecule has 23 heavy (non-hydrogen) atoms. The summed E-state index contributed by atoms with van der Waals surface area (Å²) in [6.07, 6.45) is 0. The number of H-pyrrole nitrogens is 1. The summed E-state index contributed by atoms with van der Waals surface area (Å²) in [5, 5.41) is 11.4. The van der Waals surface area contributed by atoms with Crippen molar-refractivity contribution < 1.29 is 4.79 Å². The topological polar surface area (TPSA) is 57.8 Å². The fraction of sp³-hybridized carbons (Fsp3) is 0. The zero-order chi connectivity index (χ0) is 15.6. The molecule has 112 valence electrons. The largest absolute Gasteiger partial charge is 0.321 e. The van der Waals surface area contributed by atoms with Crippen LogP contribution in [-0.2, 0) is 0 Å². The van der Waals surface area contributed by atoms with E-state index in [2.05, 4.69) is 15.5 Å². The van der Waals surface area contributed by atoms with E-state index in [0.29, 0.717) is 4.88 Å². The molecule has 0 saturated carbocycles. The quantitative estimate of drug-likeness (QED) is 0.582. The Morgan fingerprint density at radius 1 is 0.957 bits per heavy atom. The number of carbonyl (C=O) groups is 1. The van der Waals surface area contributed by atoms with Crippen LogP contribution in [0.25, 0.3) is 21.5 Å². The number of nitrogens with one attached hydrogen (secondary N) is 2. The van der Waals surface area contributed by atoms with Crippen LogP contribution in [0.1, 0.15) is 9.67 Å². The number of carbonyl (C=O) groups excluding carboxylic acids is 1. The van der Waals surface area contributed by atoms with Gasteiger partial charge in [-0.3, -0.25) is 9.89 Å². The van der Waals surface area contributed by atoms with Gasteiger partial charge >= 0.3 is 0 Å². The minimum atomic E-state index is -0.104. The number of nitrogens with zero attached hydrogens (tertiary/aromatic N) is 1. The molecule has 0 radical (unpaired) electrons. The molecule has 2 heterocycles. The second-order valence-electron chi connectivity index (χ2n) is 5.10. The Hall–Kier alpha value is -2.92. The molecule has 4 rings (SSSR count). The monoisotopic (exact) mass is 319 g/mol. The highest BCUT2D eigenvalue weighted by Crippen LogP contribution is 2.32. The number of thiophene rings is 1. The number of aromatic nitrogens is 2. The lowest BCUT2D eigenvalue weighted by Crippen LogP contribution is -2.09. The summed E-state index contributed by atoms with van der Waals surface area (Å²) >= 11 is 1.44. The van der Waals surface area contributed by atoms with Crippen LogP contribution in [0, 0.1) is 0 Å². The molecule has 2 aromatic carbocycles. The second-order valence-corrected chi connectivity index (χ2v) is 6.19. The molecule has 4 nitrogen and oxygen atoms in total. The van der Waals surface area contributed by atoms with Gasteiger partial charge in [-0.2, -0.15) is 5.10 Å². The number of fused-ring (bicyclic) bond motifs is 1. The predicted octanol–water partition coefficient (Wildman–Crippen LogP) is 4.54. The van der Waals surface area contributed by atoms with E-state index in [4.69, 9.17) is 0 Å². The Morgan fingerprint density at radius 2 is 1.74 bits per heavy atom. The van der Waals surface area contributed by atoms with E-state index < -0.39 is 0 Å². The van der Waals surface area contributed by atoms with E-state index in [1.165, 1.54) is 11.3 Å². The van der Waals surface area contributed by atoms with Crippen molar-refractivity contribution in [1.29, 1.82) is 0 Å². The summed E-state index contributed by atoms with van der Waals surface area (Å²) in [6, 6.07) is 21.2. The van der Waals surface area contributed by atoms with Gasteiger partial charge in [0.1, 0.15) is 5.69 Å². The van der Waals surface area contributed by atoms with E-state index in [1.807, 2.05) is 66.7 Å². The SMILES string of the molecule is O=C(Nc1ccccc1)c1ccc(-c2n[nH]c3ccccc23)s1. The first-order chi connectivity index (χ1) is 11.3. The van der Waals surface area contributed by atoms with Gasteiger partial charge in [0, 0.05) is 11.1 Å². The third kappa shape index (κ3) is 2.62. The summed E-state index contributed by atoms with van der Waals surface area (Å²) in [6.45, 7) is 0.